The maximum Gasteiger partial charge on any atom is 0.144 e. The van der Waals surface area contributed by atoms with E-state index in [9.17, 15) is 4.39 Å². The van der Waals surface area contributed by atoms with Crippen LogP contribution in [0.4, 0.5) is 15.9 Å². The van der Waals surface area contributed by atoms with E-state index >= 15 is 0 Å². The van der Waals surface area contributed by atoms with E-state index in [1.165, 1.54) is 12.4 Å². The molecule has 3 heterocycles. The lowest BCUT2D eigenvalue weighted by molar-refractivity contribution is 0.478. The molecule has 0 saturated carbocycles. The number of benzene rings is 2. The number of hydrogen-bond acceptors (Lipinski definition) is 5. The van der Waals surface area contributed by atoms with Gasteiger partial charge in [-0.1, -0.05) is 6.07 Å². The van der Waals surface area contributed by atoms with Crippen LogP contribution in [-0.4, -0.2) is 19.4 Å². The van der Waals surface area contributed by atoms with Crippen molar-refractivity contribution in [3.63, 3.8) is 0 Å². The largest absolute Gasteiger partial charge is 0.457 e. The van der Waals surface area contributed by atoms with Crippen molar-refractivity contribution in [2.24, 2.45) is 0 Å². The van der Waals surface area contributed by atoms with Crippen molar-refractivity contribution in [1.29, 1.82) is 0 Å². The van der Waals surface area contributed by atoms with Crippen LogP contribution in [0.3, 0.4) is 0 Å². The number of nitrogens with zero attached hydrogens (tertiary/aromatic N) is 4. The van der Waals surface area contributed by atoms with Gasteiger partial charge in [-0.05, 0) is 48.9 Å². The van der Waals surface area contributed by atoms with Crippen LogP contribution in [0, 0.1) is 12.7 Å². The Morgan fingerprint density at radius 1 is 1.00 bits per heavy atom. The average molecular weight is 385 g/mol. The Labute approximate surface area is 165 Å². The first-order valence-electron chi connectivity index (χ1n) is 9.05. The Morgan fingerprint density at radius 2 is 1.93 bits per heavy atom. The van der Waals surface area contributed by atoms with Crippen molar-refractivity contribution in [2.75, 3.05) is 5.32 Å². The number of rotatable bonds is 4. The van der Waals surface area contributed by atoms with Gasteiger partial charge in [0.25, 0.3) is 0 Å². The lowest BCUT2D eigenvalue weighted by Gasteiger charge is -2.13. The molecule has 3 aromatic heterocycles. The van der Waals surface area contributed by atoms with E-state index in [2.05, 4.69) is 20.3 Å². The van der Waals surface area contributed by atoms with E-state index in [1.54, 1.807) is 18.3 Å². The van der Waals surface area contributed by atoms with Gasteiger partial charge in [0, 0.05) is 30.3 Å². The average Bonchev–Trinajstić information content (AvgIpc) is 3.18. The quantitative estimate of drug-likeness (QED) is 0.457. The molecule has 142 valence electrons. The number of halogens is 1. The molecule has 0 aliphatic carbocycles. The summed E-state index contributed by atoms with van der Waals surface area (Å²) in [7, 11) is 0. The molecule has 0 aliphatic heterocycles. The van der Waals surface area contributed by atoms with Gasteiger partial charge in [-0.25, -0.2) is 19.3 Å². The summed E-state index contributed by atoms with van der Waals surface area (Å²) in [6.45, 7) is 1.95. The maximum absolute atomic E-state index is 14.3. The van der Waals surface area contributed by atoms with Crippen LogP contribution in [0.1, 0.15) is 5.56 Å². The second kappa shape index (κ2) is 6.87. The van der Waals surface area contributed by atoms with Gasteiger partial charge in [-0.3, -0.25) is 0 Å². The van der Waals surface area contributed by atoms with Gasteiger partial charge >= 0.3 is 0 Å². The number of pyridine rings is 1. The minimum atomic E-state index is -0.364. The highest BCUT2D eigenvalue weighted by Gasteiger charge is 2.10. The van der Waals surface area contributed by atoms with Crippen molar-refractivity contribution < 1.29 is 9.13 Å². The zero-order valence-electron chi connectivity index (χ0n) is 15.5. The highest BCUT2D eigenvalue weighted by atomic mass is 19.1. The van der Waals surface area contributed by atoms with Crippen LogP contribution in [0.2, 0.25) is 0 Å². The summed E-state index contributed by atoms with van der Waals surface area (Å²) < 4.78 is 22.2. The Hall–Kier alpha value is -4.00. The fraction of sp³-hybridized carbons (Fsp3) is 0.0455. The number of hydrogen-bond donors (Lipinski definition) is 1. The molecule has 0 unspecified atom stereocenters. The first kappa shape index (κ1) is 17.1. The molecule has 29 heavy (non-hydrogen) atoms. The molecule has 0 amide bonds. The van der Waals surface area contributed by atoms with Crippen molar-refractivity contribution in [1.82, 2.24) is 19.4 Å². The predicted octanol–water partition coefficient (Wildman–Crippen LogP) is 5.26. The third-order valence-corrected chi connectivity index (χ3v) is 4.65. The van der Waals surface area contributed by atoms with E-state index < -0.39 is 0 Å². The second-order valence-corrected chi connectivity index (χ2v) is 6.62. The molecular weight excluding hydrogens is 369 g/mol. The Morgan fingerprint density at radius 3 is 2.83 bits per heavy atom. The minimum absolute atomic E-state index is 0.362. The van der Waals surface area contributed by atoms with E-state index in [-0.39, 0.29) is 5.82 Å². The van der Waals surface area contributed by atoms with Gasteiger partial charge in [-0.15, -0.1) is 0 Å². The third kappa shape index (κ3) is 3.23. The van der Waals surface area contributed by atoms with Gasteiger partial charge in [-0.2, -0.15) is 0 Å². The summed E-state index contributed by atoms with van der Waals surface area (Å²) >= 11 is 0. The Kier molecular flexibility index (Phi) is 4.05. The topological polar surface area (TPSA) is 64.3 Å². The van der Waals surface area contributed by atoms with Crippen molar-refractivity contribution >= 4 is 28.1 Å². The van der Waals surface area contributed by atoms with Crippen LogP contribution >= 0.6 is 0 Å². The van der Waals surface area contributed by atoms with Gasteiger partial charge in [0.1, 0.15) is 35.1 Å². The molecule has 1 N–H and O–H groups in total. The van der Waals surface area contributed by atoms with Gasteiger partial charge in [0.05, 0.1) is 10.9 Å². The van der Waals surface area contributed by atoms with Crippen LogP contribution in [0.5, 0.6) is 11.5 Å². The van der Waals surface area contributed by atoms with E-state index in [0.29, 0.717) is 22.5 Å². The summed E-state index contributed by atoms with van der Waals surface area (Å²) in [5.41, 5.74) is 3.07. The molecule has 7 heteroatoms. The number of anilines is 2. The molecule has 6 nitrogen and oxygen atoms in total. The molecule has 0 aliphatic rings. The number of imidazole rings is 1. The second-order valence-electron chi connectivity index (χ2n) is 6.62. The standard InChI is InChI=1S/C22H16FN5O/c1-14-11-15(27-22-21-17(23)3-2-4-18(21)25-13-26-22)5-6-19(14)29-16-7-9-28-10-8-24-20(28)12-16/h2-13H,1H3,(H,25,26,27). The highest BCUT2D eigenvalue weighted by Crippen LogP contribution is 2.30. The third-order valence-electron chi connectivity index (χ3n) is 4.65. The van der Waals surface area contributed by atoms with Crippen molar-refractivity contribution in [3.05, 3.63) is 84.8 Å². The number of aryl methyl sites for hydroxylation is 1. The number of ether oxygens (including phenoxy) is 1. The maximum atomic E-state index is 14.3. The summed E-state index contributed by atoms with van der Waals surface area (Å²) in [5.74, 6) is 1.49. The lowest BCUT2D eigenvalue weighted by atomic mass is 10.2. The summed E-state index contributed by atoms with van der Waals surface area (Å²) in [6, 6.07) is 14.2. The Bertz CT molecular complexity index is 1340. The van der Waals surface area contributed by atoms with Gasteiger partial charge in [0.15, 0.2) is 0 Å². The SMILES string of the molecule is Cc1cc(Nc2ncnc3cccc(F)c23)ccc1Oc1ccn2ccnc2c1. The van der Waals surface area contributed by atoms with Crippen molar-refractivity contribution in [2.45, 2.75) is 6.92 Å². The molecule has 0 bridgehead atoms. The first-order chi connectivity index (χ1) is 14.2. The normalized spacial score (nSPS) is 11.1. The first-order valence-corrected chi connectivity index (χ1v) is 9.05. The molecular formula is C22H16FN5O. The van der Waals surface area contributed by atoms with Crippen LogP contribution in [0.15, 0.2) is 73.4 Å². The molecule has 2 aromatic carbocycles. The molecule has 0 atom stereocenters. The lowest BCUT2D eigenvalue weighted by Crippen LogP contribution is -1.98. The number of nitrogens with one attached hydrogen (secondary N) is 1. The molecule has 5 aromatic rings. The molecule has 0 fully saturated rings. The summed E-state index contributed by atoms with van der Waals surface area (Å²) in [4.78, 5) is 12.6. The molecule has 0 saturated heterocycles. The highest BCUT2D eigenvalue weighted by molar-refractivity contribution is 5.91. The number of aromatic nitrogens is 4. The fourth-order valence-electron chi connectivity index (χ4n) is 3.22. The summed E-state index contributed by atoms with van der Waals surface area (Å²) in [6.07, 6.45) is 6.94. The predicted molar refractivity (Wildman–Crippen MR) is 109 cm³/mol. The molecule has 5 rings (SSSR count). The summed E-state index contributed by atoms with van der Waals surface area (Å²) in [5, 5.41) is 3.54. The van der Waals surface area contributed by atoms with E-state index in [4.69, 9.17) is 4.74 Å². The smallest absolute Gasteiger partial charge is 0.144 e. The van der Waals surface area contributed by atoms with Crippen LogP contribution in [0.25, 0.3) is 16.6 Å². The van der Waals surface area contributed by atoms with E-state index in [1.807, 2.05) is 54.0 Å². The van der Waals surface area contributed by atoms with Crippen LogP contribution in [-0.2, 0) is 0 Å². The fourth-order valence-corrected chi connectivity index (χ4v) is 3.22. The van der Waals surface area contributed by atoms with Crippen LogP contribution < -0.4 is 10.1 Å². The van der Waals surface area contributed by atoms with Gasteiger partial charge in [0.2, 0.25) is 0 Å². The monoisotopic (exact) mass is 385 g/mol. The molecule has 0 spiro atoms. The van der Waals surface area contributed by atoms with Gasteiger partial charge < -0.3 is 14.5 Å². The zero-order chi connectivity index (χ0) is 19.8. The number of fused-ring (bicyclic) bond motifs is 2. The van der Waals surface area contributed by atoms with Crippen molar-refractivity contribution in [3.8, 4) is 11.5 Å². The molecule has 0 radical (unpaired) electrons. The minimum Gasteiger partial charge on any atom is -0.457 e. The Balaban J connectivity index is 1.43. The van der Waals surface area contributed by atoms with E-state index in [0.717, 1.165) is 22.6 Å². The zero-order valence-corrected chi connectivity index (χ0v) is 15.5.